The van der Waals surface area contributed by atoms with Gasteiger partial charge in [0.2, 0.25) is 0 Å². The number of carbonyl (C=O) groups is 1. The van der Waals surface area contributed by atoms with E-state index in [0.717, 1.165) is 32.4 Å². The summed E-state index contributed by atoms with van der Waals surface area (Å²) < 4.78 is 18.8. The van der Waals surface area contributed by atoms with Gasteiger partial charge in [-0.15, -0.1) is 0 Å². The van der Waals surface area contributed by atoms with E-state index in [2.05, 4.69) is 28.2 Å². The van der Waals surface area contributed by atoms with Gasteiger partial charge in [0.25, 0.3) is 5.91 Å². The molecule has 2 unspecified atom stereocenters. The van der Waals surface area contributed by atoms with Crippen molar-refractivity contribution < 1.29 is 13.9 Å². The molecule has 1 saturated heterocycles. The van der Waals surface area contributed by atoms with Crippen molar-refractivity contribution >= 4 is 17.5 Å². The Morgan fingerprint density at radius 1 is 1.37 bits per heavy atom. The molecule has 4 fully saturated rings. The highest BCUT2D eigenvalue weighted by molar-refractivity contribution is 6.30. The lowest BCUT2D eigenvalue weighted by Gasteiger charge is -2.44. The molecule has 3 atom stereocenters. The lowest BCUT2D eigenvalue weighted by Crippen LogP contribution is -2.65. The Balaban J connectivity index is 1.23. The van der Waals surface area contributed by atoms with Crippen molar-refractivity contribution in [3.05, 3.63) is 29.0 Å². The van der Waals surface area contributed by atoms with Gasteiger partial charge < -0.3 is 15.4 Å². The van der Waals surface area contributed by atoms with E-state index in [-0.39, 0.29) is 35.3 Å². The van der Waals surface area contributed by atoms with Crippen LogP contribution < -0.4 is 26.0 Å². The number of ether oxygens (including phenoxy) is 1. The maximum Gasteiger partial charge on any atom is 0.258 e. The van der Waals surface area contributed by atoms with Crippen LogP contribution >= 0.6 is 11.6 Å². The first-order valence-corrected chi connectivity index (χ1v) is 9.92. The first-order valence-electron chi connectivity index (χ1n) is 9.54. The summed E-state index contributed by atoms with van der Waals surface area (Å²) in [7, 11) is 0. The number of amides is 1. The molecule has 148 valence electrons. The number of carbonyl (C=O) groups excluding carboxylic acids is 1. The maximum atomic E-state index is 13.4. The predicted octanol–water partition coefficient (Wildman–Crippen LogP) is 1.39. The second-order valence-electron chi connectivity index (χ2n) is 8.11. The van der Waals surface area contributed by atoms with Gasteiger partial charge in [0.1, 0.15) is 11.6 Å². The van der Waals surface area contributed by atoms with Gasteiger partial charge in [-0.05, 0) is 44.2 Å². The third-order valence-corrected chi connectivity index (χ3v) is 6.16. The Morgan fingerprint density at radius 2 is 2.19 bits per heavy atom. The number of hydrogen-bond donors (Lipinski definition) is 4. The van der Waals surface area contributed by atoms with E-state index in [1.807, 2.05) is 0 Å². The van der Waals surface area contributed by atoms with Crippen LogP contribution in [0.1, 0.15) is 26.2 Å². The quantitative estimate of drug-likeness (QED) is 0.585. The zero-order chi connectivity index (χ0) is 19.0. The van der Waals surface area contributed by atoms with Crippen molar-refractivity contribution in [1.82, 2.24) is 21.3 Å². The van der Waals surface area contributed by atoms with Crippen LogP contribution in [0.2, 0.25) is 5.02 Å². The second-order valence-corrected chi connectivity index (χ2v) is 8.52. The Labute approximate surface area is 163 Å². The van der Waals surface area contributed by atoms with Gasteiger partial charge in [-0.3, -0.25) is 15.4 Å². The van der Waals surface area contributed by atoms with Gasteiger partial charge in [0.05, 0.1) is 11.2 Å². The number of piperazine rings is 1. The Hall–Kier alpha value is -1.41. The molecule has 5 rings (SSSR count). The molecule has 3 saturated carbocycles. The standard InChI is InChI=1S/C19H26ClFN4O2/c1-11-8-22-9-17(23-11)25-19-5-12(6-19)16(7-19)24-18(26)10-27-13-2-3-14(20)15(21)4-13/h2-4,11-12,16-17,22-23,25H,5-10H2,1H3,(H,24,26)/t11?,12?,16-,17?,19?/m0/s1. The molecule has 2 bridgehead atoms. The lowest BCUT2D eigenvalue weighted by molar-refractivity contribution is -0.124. The third-order valence-electron chi connectivity index (χ3n) is 5.86. The normalized spacial score (nSPS) is 34.8. The van der Waals surface area contributed by atoms with Gasteiger partial charge in [-0.2, -0.15) is 0 Å². The smallest absolute Gasteiger partial charge is 0.258 e. The second kappa shape index (κ2) is 7.54. The molecule has 4 aliphatic rings. The first kappa shape index (κ1) is 18.9. The van der Waals surface area contributed by atoms with Gasteiger partial charge in [-0.25, -0.2) is 4.39 Å². The van der Waals surface area contributed by atoms with Gasteiger partial charge in [0.15, 0.2) is 6.61 Å². The fourth-order valence-corrected chi connectivity index (χ4v) is 4.78. The molecule has 6 nitrogen and oxygen atoms in total. The molecule has 1 aromatic carbocycles. The molecule has 1 amide bonds. The predicted molar refractivity (Wildman–Crippen MR) is 101 cm³/mol. The molecule has 0 aromatic heterocycles. The van der Waals surface area contributed by atoms with E-state index >= 15 is 0 Å². The molecule has 0 spiro atoms. The summed E-state index contributed by atoms with van der Waals surface area (Å²) in [5.74, 6) is 0.0813. The molecule has 8 heteroatoms. The molecule has 4 N–H and O–H groups in total. The molecule has 1 aromatic rings. The van der Waals surface area contributed by atoms with E-state index in [4.69, 9.17) is 16.3 Å². The van der Waals surface area contributed by atoms with Crippen molar-refractivity contribution in [2.75, 3.05) is 19.7 Å². The summed E-state index contributed by atoms with van der Waals surface area (Å²) in [6.45, 7) is 3.95. The summed E-state index contributed by atoms with van der Waals surface area (Å²) in [5.41, 5.74) is 0.124. The number of nitrogens with one attached hydrogen (secondary N) is 4. The van der Waals surface area contributed by atoms with E-state index in [9.17, 15) is 9.18 Å². The van der Waals surface area contributed by atoms with E-state index in [1.165, 1.54) is 12.1 Å². The van der Waals surface area contributed by atoms with Crippen LogP contribution in [0.4, 0.5) is 4.39 Å². The lowest BCUT2D eigenvalue weighted by atomic mass is 9.76. The molecule has 1 aliphatic heterocycles. The van der Waals surface area contributed by atoms with Crippen LogP contribution in [0.25, 0.3) is 0 Å². The number of fused-ring (bicyclic) bond motifs is 1. The van der Waals surface area contributed by atoms with E-state index in [0.29, 0.717) is 17.7 Å². The molecular formula is C19H26ClFN4O2. The minimum atomic E-state index is -0.556. The average Bonchev–Trinajstić information content (AvgIpc) is 3.09. The number of halogens is 2. The summed E-state index contributed by atoms with van der Waals surface area (Å²) in [6, 6.07) is 4.78. The molecular weight excluding hydrogens is 371 g/mol. The first-order chi connectivity index (χ1) is 12.9. The molecule has 1 heterocycles. The maximum absolute atomic E-state index is 13.4. The highest BCUT2D eigenvalue weighted by Gasteiger charge is 2.56. The van der Waals surface area contributed by atoms with Crippen LogP contribution in [-0.4, -0.2) is 49.4 Å². The highest BCUT2D eigenvalue weighted by atomic mass is 35.5. The summed E-state index contributed by atoms with van der Waals surface area (Å²) in [6.07, 6.45) is 3.39. The van der Waals surface area contributed by atoms with E-state index < -0.39 is 5.82 Å². The fraction of sp³-hybridized carbons (Fsp3) is 0.632. The Kier molecular flexibility index (Phi) is 5.29. The molecule has 0 radical (unpaired) electrons. The Bertz CT molecular complexity index is 713. The van der Waals surface area contributed by atoms with Gasteiger partial charge >= 0.3 is 0 Å². The van der Waals surface area contributed by atoms with Crippen LogP contribution in [-0.2, 0) is 4.79 Å². The minimum Gasteiger partial charge on any atom is -0.484 e. The van der Waals surface area contributed by atoms with Crippen LogP contribution in [0.15, 0.2) is 18.2 Å². The van der Waals surface area contributed by atoms with Gasteiger partial charge in [0, 0.05) is 36.8 Å². The summed E-state index contributed by atoms with van der Waals surface area (Å²) >= 11 is 5.64. The average molecular weight is 397 g/mol. The van der Waals surface area contributed by atoms with Crippen LogP contribution in [0, 0.1) is 11.7 Å². The van der Waals surface area contributed by atoms with Crippen molar-refractivity contribution in [2.24, 2.45) is 5.92 Å². The van der Waals surface area contributed by atoms with Crippen LogP contribution in [0.3, 0.4) is 0 Å². The van der Waals surface area contributed by atoms with Crippen molar-refractivity contribution in [1.29, 1.82) is 0 Å². The summed E-state index contributed by atoms with van der Waals surface area (Å²) in [5, 5.41) is 13.9. The minimum absolute atomic E-state index is 0.0346. The molecule has 27 heavy (non-hydrogen) atoms. The largest absolute Gasteiger partial charge is 0.484 e. The monoisotopic (exact) mass is 396 g/mol. The van der Waals surface area contributed by atoms with E-state index in [1.54, 1.807) is 6.07 Å². The third kappa shape index (κ3) is 4.21. The summed E-state index contributed by atoms with van der Waals surface area (Å²) in [4.78, 5) is 12.2. The SMILES string of the molecule is CC1CNCC(NC23CC(C2)[C@@H](NC(=O)COc2ccc(Cl)c(F)c2)C3)N1. The zero-order valence-corrected chi connectivity index (χ0v) is 16.1. The molecule has 3 aliphatic carbocycles. The van der Waals surface area contributed by atoms with Gasteiger partial charge in [-0.1, -0.05) is 11.6 Å². The number of hydrogen-bond acceptors (Lipinski definition) is 5. The van der Waals surface area contributed by atoms with Crippen molar-refractivity contribution in [3.63, 3.8) is 0 Å². The fourth-order valence-electron chi connectivity index (χ4n) is 4.66. The van der Waals surface area contributed by atoms with Crippen molar-refractivity contribution in [2.45, 2.75) is 50.0 Å². The number of benzene rings is 1. The van der Waals surface area contributed by atoms with Crippen molar-refractivity contribution in [3.8, 4) is 5.75 Å². The highest BCUT2D eigenvalue weighted by Crippen LogP contribution is 2.52. The number of rotatable bonds is 6. The van der Waals surface area contributed by atoms with Crippen LogP contribution in [0.5, 0.6) is 5.75 Å². The topological polar surface area (TPSA) is 74.4 Å². The zero-order valence-electron chi connectivity index (χ0n) is 15.4. The Morgan fingerprint density at radius 3 is 2.93 bits per heavy atom.